The minimum Gasteiger partial charge on any atom is -0.461 e. The molecule has 2 rings (SSSR count). The van der Waals surface area contributed by atoms with Crippen LogP contribution in [0.5, 0.6) is 0 Å². The third kappa shape index (κ3) is 2.94. The Morgan fingerprint density at radius 1 is 1.53 bits per heavy atom. The highest BCUT2D eigenvalue weighted by Gasteiger charge is 2.33. The molecule has 0 radical (unpaired) electrons. The number of ether oxygens (including phenoxy) is 1. The fraction of sp³-hybridized carbons (Fsp3) is 0.615. The summed E-state index contributed by atoms with van der Waals surface area (Å²) in [6, 6.07) is 0. The van der Waals surface area contributed by atoms with Gasteiger partial charge in [-0.1, -0.05) is 6.92 Å². The van der Waals surface area contributed by atoms with E-state index in [1.54, 1.807) is 13.8 Å². The van der Waals surface area contributed by atoms with E-state index in [0.717, 1.165) is 12.8 Å². The van der Waals surface area contributed by atoms with Gasteiger partial charge in [-0.2, -0.15) is 5.10 Å². The molecule has 6 nitrogen and oxygen atoms in total. The van der Waals surface area contributed by atoms with Crippen molar-refractivity contribution in [3.8, 4) is 0 Å². The van der Waals surface area contributed by atoms with Crippen LogP contribution < -0.4 is 5.32 Å². The molecule has 1 aromatic heterocycles. The summed E-state index contributed by atoms with van der Waals surface area (Å²) in [6.45, 7) is 5.69. The molecule has 1 saturated carbocycles. The average Bonchev–Trinajstić information content (AvgIpc) is 3.15. The molecule has 0 saturated heterocycles. The molecule has 0 aromatic carbocycles. The fourth-order valence-electron chi connectivity index (χ4n) is 1.96. The van der Waals surface area contributed by atoms with Crippen molar-refractivity contribution in [2.75, 3.05) is 11.9 Å². The quantitative estimate of drug-likeness (QED) is 0.796. The number of amides is 1. The Hall–Kier alpha value is -1.85. The van der Waals surface area contributed by atoms with Crippen molar-refractivity contribution < 1.29 is 14.3 Å². The summed E-state index contributed by atoms with van der Waals surface area (Å²) >= 11 is 0. The molecule has 0 spiro atoms. The predicted octanol–water partition coefficient (Wildman–Crippen LogP) is 1.88. The highest BCUT2D eigenvalue weighted by Crippen LogP contribution is 2.37. The van der Waals surface area contributed by atoms with E-state index in [1.165, 1.54) is 0 Å². The zero-order chi connectivity index (χ0) is 14.0. The Labute approximate surface area is 111 Å². The molecule has 1 aromatic rings. The molecule has 1 aliphatic carbocycles. The lowest BCUT2D eigenvalue weighted by atomic mass is 10.1. The first-order chi connectivity index (χ1) is 9.04. The van der Waals surface area contributed by atoms with E-state index in [1.807, 2.05) is 6.92 Å². The molecule has 1 heterocycles. The molecule has 1 aliphatic rings. The van der Waals surface area contributed by atoms with Gasteiger partial charge < -0.3 is 10.1 Å². The molecule has 1 atom stereocenters. The number of hydrogen-bond acceptors (Lipinski definition) is 4. The van der Waals surface area contributed by atoms with Gasteiger partial charge in [-0.05, 0) is 32.6 Å². The maximum atomic E-state index is 12.0. The van der Waals surface area contributed by atoms with E-state index in [4.69, 9.17) is 4.74 Å². The van der Waals surface area contributed by atoms with Gasteiger partial charge in [0, 0.05) is 11.5 Å². The van der Waals surface area contributed by atoms with E-state index in [9.17, 15) is 9.59 Å². The minimum absolute atomic E-state index is 0.0119. The number of aromatic amines is 1. The number of aromatic nitrogens is 2. The fourth-order valence-corrected chi connectivity index (χ4v) is 1.96. The lowest BCUT2D eigenvalue weighted by Gasteiger charge is -2.09. The Morgan fingerprint density at radius 3 is 2.79 bits per heavy atom. The highest BCUT2D eigenvalue weighted by atomic mass is 16.5. The Balaban J connectivity index is 2.04. The van der Waals surface area contributed by atoms with Gasteiger partial charge in [-0.25, -0.2) is 4.79 Å². The first-order valence-electron chi connectivity index (χ1n) is 6.57. The van der Waals surface area contributed by atoms with Crippen molar-refractivity contribution >= 4 is 17.7 Å². The second-order valence-corrected chi connectivity index (χ2v) is 4.91. The summed E-state index contributed by atoms with van der Waals surface area (Å²) in [7, 11) is 0. The molecule has 19 heavy (non-hydrogen) atoms. The third-order valence-corrected chi connectivity index (χ3v) is 3.47. The predicted molar refractivity (Wildman–Crippen MR) is 69.8 cm³/mol. The summed E-state index contributed by atoms with van der Waals surface area (Å²) in [4.78, 5) is 23.6. The molecule has 0 aliphatic heterocycles. The second kappa shape index (κ2) is 5.42. The van der Waals surface area contributed by atoms with Crippen molar-refractivity contribution in [3.63, 3.8) is 0 Å². The molecule has 2 N–H and O–H groups in total. The summed E-state index contributed by atoms with van der Waals surface area (Å²) in [5.74, 6) is 0.377. The molecular weight excluding hydrogens is 246 g/mol. The van der Waals surface area contributed by atoms with E-state index in [0.29, 0.717) is 23.9 Å². The first-order valence-corrected chi connectivity index (χ1v) is 6.57. The number of esters is 1. The highest BCUT2D eigenvalue weighted by molar-refractivity contribution is 5.95. The number of H-pyrrole nitrogens is 1. The van der Waals surface area contributed by atoms with E-state index in [-0.39, 0.29) is 17.5 Å². The van der Waals surface area contributed by atoms with Crippen LogP contribution in [0.25, 0.3) is 0 Å². The number of hydrogen-bond donors (Lipinski definition) is 2. The van der Waals surface area contributed by atoms with E-state index >= 15 is 0 Å². The van der Waals surface area contributed by atoms with Crippen LogP contribution in [-0.4, -0.2) is 28.7 Å². The zero-order valence-electron chi connectivity index (χ0n) is 11.4. The Kier molecular flexibility index (Phi) is 3.87. The van der Waals surface area contributed by atoms with Crippen LogP contribution in [-0.2, 0) is 9.53 Å². The van der Waals surface area contributed by atoms with Crippen molar-refractivity contribution in [1.82, 2.24) is 10.2 Å². The maximum Gasteiger partial charge on any atom is 0.356 e. The van der Waals surface area contributed by atoms with Crippen molar-refractivity contribution in [2.24, 2.45) is 11.8 Å². The molecule has 1 unspecified atom stereocenters. The van der Waals surface area contributed by atoms with Crippen LogP contribution in [0.1, 0.15) is 42.7 Å². The SMILES string of the molecule is CCOC(=O)c1[nH]nc(NC(=O)C(C)C2CC2)c1C. The lowest BCUT2D eigenvalue weighted by molar-refractivity contribution is -0.120. The number of nitrogens with one attached hydrogen (secondary N) is 2. The van der Waals surface area contributed by atoms with Crippen molar-refractivity contribution in [3.05, 3.63) is 11.3 Å². The van der Waals surface area contributed by atoms with Gasteiger partial charge in [0.1, 0.15) is 5.69 Å². The van der Waals surface area contributed by atoms with Crippen LogP contribution >= 0.6 is 0 Å². The maximum absolute atomic E-state index is 12.0. The van der Waals surface area contributed by atoms with Crippen LogP contribution in [0.15, 0.2) is 0 Å². The molecule has 1 amide bonds. The first kappa shape index (κ1) is 13.6. The van der Waals surface area contributed by atoms with Crippen LogP contribution in [0.2, 0.25) is 0 Å². The minimum atomic E-state index is -0.455. The average molecular weight is 265 g/mol. The van der Waals surface area contributed by atoms with Gasteiger partial charge in [0.05, 0.1) is 6.61 Å². The van der Waals surface area contributed by atoms with Gasteiger partial charge in [0.2, 0.25) is 5.91 Å². The van der Waals surface area contributed by atoms with Crippen LogP contribution in [0.3, 0.4) is 0 Å². The summed E-state index contributed by atoms with van der Waals surface area (Å²) in [5.41, 5.74) is 0.894. The second-order valence-electron chi connectivity index (χ2n) is 4.91. The summed E-state index contributed by atoms with van der Waals surface area (Å²) in [6.07, 6.45) is 2.23. The topological polar surface area (TPSA) is 84.1 Å². The zero-order valence-corrected chi connectivity index (χ0v) is 11.4. The van der Waals surface area contributed by atoms with Gasteiger partial charge in [-0.15, -0.1) is 0 Å². The van der Waals surface area contributed by atoms with Gasteiger partial charge in [0.25, 0.3) is 0 Å². The van der Waals surface area contributed by atoms with Crippen molar-refractivity contribution in [1.29, 1.82) is 0 Å². The molecule has 104 valence electrons. The molecular formula is C13H19N3O3. The van der Waals surface area contributed by atoms with E-state index in [2.05, 4.69) is 15.5 Å². The largest absolute Gasteiger partial charge is 0.461 e. The number of carbonyl (C=O) groups is 2. The van der Waals surface area contributed by atoms with Crippen LogP contribution in [0, 0.1) is 18.8 Å². The monoisotopic (exact) mass is 265 g/mol. The van der Waals surface area contributed by atoms with Gasteiger partial charge in [0.15, 0.2) is 5.82 Å². The molecule has 1 fully saturated rings. The smallest absolute Gasteiger partial charge is 0.356 e. The van der Waals surface area contributed by atoms with Gasteiger partial charge >= 0.3 is 5.97 Å². The Morgan fingerprint density at radius 2 is 2.21 bits per heavy atom. The third-order valence-electron chi connectivity index (χ3n) is 3.47. The number of nitrogens with zero attached hydrogens (tertiary/aromatic N) is 1. The Bertz CT molecular complexity index is 491. The standard InChI is InChI=1S/C13H19N3O3/c1-4-19-13(18)10-8(3)11(16-15-10)14-12(17)7(2)9-5-6-9/h7,9H,4-6H2,1-3H3,(H2,14,15,16,17). The summed E-state index contributed by atoms with van der Waals surface area (Å²) in [5, 5.41) is 9.33. The number of carbonyl (C=O) groups excluding carboxylic acids is 2. The summed E-state index contributed by atoms with van der Waals surface area (Å²) < 4.78 is 4.90. The molecule has 6 heteroatoms. The lowest BCUT2D eigenvalue weighted by Crippen LogP contribution is -2.22. The number of rotatable bonds is 5. The number of anilines is 1. The van der Waals surface area contributed by atoms with E-state index < -0.39 is 5.97 Å². The van der Waals surface area contributed by atoms with Gasteiger partial charge in [-0.3, -0.25) is 9.89 Å². The van der Waals surface area contributed by atoms with Crippen LogP contribution in [0.4, 0.5) is 5.82 Å². The molecule has 0 bridgehead atoms. The van der Waals surface area contributed by atoms with Crippen molar-refractivity contribution in [2.45, 2.75) is 33.6 Å². The normalized spacial score (nSPS) is 15.9.